The van der Waals surface area contributed by atoms with Gasteiger partial charge in [0, 0.05) is 16.3 Å². The Kier molecular flexibility index (Phi) is 6.48. The average Bonchev–Trinajstić information content (AvgIpc) is 2.76. The summed E-state index contributed by atoms with van der Waals surface area (Å²) in [6, 6.07) is 15.8. The first-order chi connectivity index (χ1) is 15.4. The molecule has 3 aromatic carbocycles. The van der Waals surface area contributed by atoms with Gasteiger partial charge in [0.05, 0.1) is 17.3 Å². The van der Waals surface area contributed by atoms with Crippen molar-refractivity contribution in [2.24, 2.45) is 0 Å². The number of hydrogen-bond donors (Lipinski definition) is 1. The highest BCUT2D eigenvalue weighted by molar-refractivity contribution is 6.35. The minimum Gasteiger partial charge on any atom is -0.482 e. The summed E-state index contributed by atoms with van der Waals surface area (Å²) < 4.78 is 25.0. The molecule has 0 atom stereocenters. The summed E-state index contributed by atoms with van der Waals surface area (Å²) in [5.74, 6) is -0.365. The van der Waals surface area contributed by atoms with Crippen molar-refractivity contribution in [2.75, 3.05) is 23.4 Å². The Morgan fingerprint density at radius 1 is 1.12 bits per heavy atom. The first kappa shape index (κ1) is 21.9. The van der Waals surface area contributed by atoms with Gasteiger partial charge in [-0.3, -0.25) is 9.59 Å². The van der Waals surface area contributed by atoms with Crippen LogP contribution in [0.1, 0.15) is 5.56 Å². The van der Waals surface area contributed by atoms with Crippen molar-refractivity contribution in [3.63, 3.8) is 0 Å². The van der Waals surface area contributed by atoms with Gasteiger partial charge >= 0.3 is 0 Å². The number of hydrogen-bond acceptors (Lipinski definition) is 4. The van der Waals surface area contributed by atoms with E-state index >= 15 is 0 Å². The summed E-state index contributed by atoms with van der Waals surface area (Å²) in [6.45, 7) is -0.396. The number of ether oxygens (including phenoxy) is 2. The van der Waals surface area contributed by atoms with E-state index in [-0.39, 0.29) is 25.7 Å². The van der Waals surface area contributed by atoms with Gasteiger partial charge in [-0.15, -0.1) is 0 Å². The molecular formula is C23H17Cl2FN2O4. The van der Waals surface area contributed by atoms with Gasteiger partial charge in [-0.1, -0.05) is 41.4 Å². The number of carbonyl (C=O) groups is 2. The van der Waals surface area contributed by atoms with Gasteiger partial charge in [0.2, 0.25) is 0 Å². The van der Waals surface area contributed by atoms with Crippen molar-refractivity contribution in [3.8, 4) is 11.5 Å². The predicted octanol–water partition coefficient (Wildman–Crippen LogP) is 5.08. The molecule has 2 amide bonds. The molecule has 6 nitrogen and oxygen atoms in total. The number of fused-ring (bicyclic) bond motifs is 1. The third kappa shape index (κ3) is 4.95. The monoisotopic (exact) mass is 474 g/mol. The second-order valence-corrected chi connectivity index (χ2v) is 7.80. The first-order valence-electron chi connectivity index (χ1n) is 9.59. The van der Waals surface area contributed by atoms with Gasteiger partial charge in [-0.25, -0.2) is 4.39 Å². The summed E-state index contributed by atoms with van der Waals surface area (Å²) in [5, 5.41) is 3.45. The highest BCUT2D eigenvalue weighted by Crippen LogP contribution is 2.36. The maximum absolute atomic E-state index is 14.1. The van der Waals surface area contributed by atoms with Gasteiger partial charge < -0.3 is 19.7 Å². The summed E-state index contributed by atoms with van der Waals surface area (Å²) in [6.07, 6.45) is 0. The number of anilines is 2. The van der Waals surface area contributed by atoms with Crippen LogP contribution in [-0.2, 0) is 16.1 Å². The smallest absolute Gasteiger partial charge is 0.265 e. The predicted molar refractivity (Wildman–Crippen MR) is 120 cm³/mol. The van der Waals surface area contributed by atoms with Crippen LogP contribution < -0.4 is 19.7 Å². The molecule has 0 aliphatic carbocycles. The zero-order chi connectivity index (χ0) is 22.7. The van der Waals surface area contributed by atoms with Crippen molar-refractivity contribution in [1.82, 2.24) is 0 Å². The quantitative estimate of drug-likeness (QED) is 0.541. The fourth-order valence-corrected chi connectivity index (χ4v) is 3.65. The molecule has 0 bridgehead atoms. The summed E-state index contributed by atoms with van der Waals surface area (Å²) in [4.78, 5) is 26.2. The Bertz CT molecular complexity index is 1190. The zero-order valence-electron chi connectivity index (χ0n) is 16.6. The number of carbonyl (C=O) groups excluding carboxylic acids is 2. The van der Waals surface area contributed by atoms with Crippen molar-refractivity contribution in [2.45, 2.75) is 6.54 Å². The zero-order valence-corrected chi connectivity index (χ0v) is 18.1. The van der Waals surface area contributed by atoms with Crippen LogP contribution in [0.15, 0.2) is 60.7 Å². The van der Waals surface area contributed by atoms with E-state index in [0.29, 0.717) is 38.5 Å². The molecule has 3 aromatic rings. The molecule has 32 heavy (non-hydrogen) atoms. The van der Waals surface area contributed by atoms with Crippen LogP contribution in [0.2, 0.25) is 10.0 Å². The standard InChI is InChI=1S/C23H17Cl2FN2O4/c24-15-5-7-20(17(25)9-15)31-12-22(29)27-16-6-8-21-19(10-16)28(23(30)13-32-21)11-14-3-1-2-4-18(14)26/h1-10H,11-13H2,(H,27,29). The normalized spacial score (nSPS) is 12.7. The van der Waals surface area contributed by atoms with Crippen LogP contribution in [0, 0.1) is 5.82 Å². The summed E-state index contributed by atoms with van der Waals surface area (Å²) in [7, 11) is 0. The molecule has 0 radical (unpaired) electrons. The molecule has 0 spiro atoms. The number of rotatable bonds is 6. The Hall–Kier alpha value is -3.29. The van der Waals surface area contributed by atoms with E-state index in [4.69, 9.17) is 32.7 Å². The largest absolute Gasteiger partial charge is 0.482 e. The first-order valence-corrected chi connectivity index (χ1v) is 10.3. The Morgan fingerprint density at radius 2 is 1.94 bits per heavy atom. The minimum absolute atomic E-state index is 0.0391. The lowest BCUT2D eigenvalue weighted by Gasteiger charge is -2.30. The van der Waals surface area contributed by atoms with Gasteiger partial charge in [0.25, 0.3) is 11.8 Å². The van der Waals surface area contributed by atoms with E-state index < -0.39 is 11.7 Å². The Labute approximate surface area is 193 Å². The SMILES string of the molecule is O=C(COc1ccc(Cl)cc1Cl)Nc1ccc2c(c1)N(Cc1ccccc1F)C(=O)CO2. The van der Waals surface area contributed by atoms with Crippen LogP contribution >= 0.6 is 23.2 Å². The highest BCUT2D eigenvalue weighted by Gasteiger charge is 2.27. The molecule has 164 valence electrons. The van der Waals surface area contributed by atoms with E-state index in [1.54, 1.807) is 48.5 Å². The van der Waals surface area contributed by atoms with E-state index in [9.17, 15) is 14.0 Å². The molecule has 1 aliphatic rings. The molecule has 4 rings (SSSR count). The number of nitrogens with one attached hydrogen (secondary N) is 1. The molecule has 0 saturated heterocycles. The van der Waals surface area contributed by atoms with Crippen LogP contribution in [0.3, 0.4) is 0 Å². The van der Waals surface area contributed by atoms with E-state index in [2.05, 4.69) is 5.32 Å². The fourth-order valence-electron chi connectivity index (χ4n) is 3.18. The van der Waals surface area contributed by atoms with Crippen molar-refractivity contribution in [1.29, 1.82) is 0 Å². The third-order valence-corrected chi connectivity index (χ3v) is 5.26. The Balaban J connectivity index is 1.48. The number of halogens is 3. The molecule has 9 heteroatoms. The van der Waals surface area contributed by atoms with Crippen LogP contribution in [0.25, 0.3) is 0 Å². The number of nitrogens with zero attached hydrogens (tertiary/aromatic N) is 1. The van der Waals surface area contributed by atoms with Gasteiger partial charge in [0.1, 0.15) is 17.3 Å². The van der Waals surface area contributed by atoms with Crippen molar-refractivity contribution in [3.05, 3.63) is 82.1 Å². The number of amides is 2. The van der Waals surface area contributed by atoms with Gasteiger partial charge in [-0.2, -0.15) is 0 Å². The molecule has 0 saturated carbocycles. The molecule has 1 heterocycles. The van der Waals surface area contributed by atoms with E-state index in [0.717, 1.165) is 0 Å². The molecule has 0 unspecified atom stereocenters. The molecule has 0 aromatic heterocycles. The summed E-state index contributed by atoms with van der Waals surface area (Å²) in [5.41, 5.74) is 1.23. The van der Waals surface area contributed by atoms with Crippen LogP contribution in [-0.4, -0.2) is 25.0 Å². The van der Waals surface area contributed by atoms with Crippen LogP contribution in [0.5, 0.6) is 11.5 Å². The van der Waals surface area contributed by atoms with Crippen molar-refractivity contribution >= 4 is 46.4 Å². The maximum atomic E-state index is 14.1. The van der Waals surface area contributed by atoms with Gasteiger partial charge in [-0.05, 0) is 42.5 Å². The van der Waals surface area contributed by atoms with Crippen LogP contribution in [0.4, 0.5) is 15.8 Å². The second-order valence-electron chi connectivity index (χ2n) is 6.95. The summed E-state index contributed by atoms with van der Waals surface area (Å²) >= 11 is 11.9. The van der Waals surface area contributed by atoms with E-state index in [1.165, 1.54) is 17.0 Å². The van der Waals surface area contributed by atoms with Crippen molar-refractivity contribution < 1.29 is 23.5 Å². The average molecular weight is 475 g/mol. The van der Waals surface area contributed by atoms with E-state index in [1.807, 2.05) is 0 Å². The number of benzene rings is 3. The topological polar surface area (TPSA) is 67.9 Å². The molecule has 1 aliphatic heterocycles. The molecular weight excluding hydrogens is 458 g/mol. The molecule has 1 N–H and O–H groups in total. The van der Waals surface area contributed by atoms with Gasteiger partial charge in [0.15, 0.2) is 13.2 Å². The third-order valence-electron chi connectivity index (χ3n) is 4.72. The minimum atomic E-state index is -0.431. The highest BCUT2D eigenvalue weighted by atomic mass is 35.5. The lowest BCUT2D eigenvalue weighted by molar-refractivity contribution is -0.121. The second kappa shape index (κ2) is 9.46. The maximum Gasteiger partial charge on any atom is 0.265 e. The molecule has 0 fully saturated rings. The fraction of sp³-hybridized carbons (Fsp3) is 0.130. The lowest BCUT2D eigenvalue weighted by Crippen LogP contribution is -2.38. The Morgan fingerprint density at radius 3 is 2.72 bits per heavy atom. The lowest BCUT2D eigenvalue weighted by atomic mass is 10.1.